The number of hydrogen-bond donors (Lipinski definition) is 2. The summed E-state index contributed by atoms with van der Waals surface area (Å²) in [5.41, 5.74) is 9.15. The van der Waals surface area contributed by atoms with Crippen LogP contribution in [0.25, 0.3) is 22.4 Å². The van der Waals surface area contributed by atoms with Gasteiger partial charge >= 0.3 is 0 Å². The van der Waals surface area contributed by atoms with Crippen molar-refractivity contribution in [2.45, 2.75) is 25.8 Å². The summed E-state index contributed by atoms with van der Waals surface area (Å²) in [6.45, 7) is 3.35. The summed E-state index contributed by atoms with van der Waals surface area (Å²) in [5.74, 6) is 0.815. The van der Waals surface area contributed by atoms with Crippen LogP contribution in [-0.4, -0.2) is 36.3 Å². The Morgan fingerprint density at radius 2 is 1.85 bits per heavy atom. The van der Waals surface area contributed by atoms with E-state index < -0.39 is 5.82 Å². The van der Waals surface area contributed by atoms with E-state index in [1.54, 1.807) is 19.2 Å². The van der Waals surface area contributed by atoms with Gasteiger partial charge in [0.05, 0.1) is 23.9 Å². The number of hydrogen-bond acceptors (Lipinski definition) is 6. The molecule has 172 valence electrons. The van der Waals surface area contributed by atoms with E-state index in [1.165, 1.54) is 12.1 Å². The van der Waals surface area contributed by atoms with Crippen LogP contribution in [-0.2, 0) is 0 Å². The number of ether oxygens (including phenoxy) is 1. The molecule has 0 spiro atoms. The van der Waals surface area contributed by atoms with Gasteiger partial charge in [-0.15, -0.1) is 12.4 Å². The largest absolute Gasteiger partial charge is 0.508 e. The third-order valence-electron chi connectivity index (χ3n) is 5.91. The molecule has 1 aliphatic rings. The van der Waals surface area contributed by atoms with Crippen LogP contribution < -0.4 is 15.4 Å². The van der Waals surface area contributed by atoms with Crippen LogP contribution in [0.2, 0.25) is 0 Å². The smallest absolute Gasteiger partial charge is 0.141 e. The number of methoxy groups -OCH3 is 1. The first-order valence-electron chi connectivity index (χ1n) is 10.5. The topological polar surface area (TPSA) is 95.4 Å². The van der Waals surface area contributed by atoms with Crippen molar-refractivity contribution in [2.75, 3.05) is 25.1 Å². The van der Waals surface area contributed by atoms with Gasteiger partial charge in [-0.1, -0.05) is 18.2 Å². The number of phenols is 1. The number of aromatic hydroxyl groups is 1. The first-order chi connectivity index (χ1) is 15.4. The van der Waals surface area contributed by atoms with Crippen LogP contribution in [0.4, 0.5) is 10.2 Å². The number of nitrogens with zero attached hydrogens (tertiary/aromatic N) is 3. The zero-order valence-electron chi connectivity index (χ0n) is 18.5. The number of nitrogens with two attached hydrogens (primary N) is 1. The summed E-state index contributed by atoms with van der Waals surface area (Å²) in [7, 11) is 1.58. The summed E-state index contributed by atoms with van der Waals surface area (Å²) >= 11 is 0. The van der Waals surface area contributed by atoms with Crippen LogP contribution in [0.3, 0.4) is 0 Å². The van der Waals surface area contributed by atoms with Crippen molar-refractivity contribution < 1.29 is 14.2 Å². The number of aromatic nitrogens is 1. The molecule has 1 saturated heterocycles. The summed E-state index contributed by atoms with van der Waals surface area (Å²) < 4.78 is 20.3. The van der Waals surface area contributed by atoms with Gasteiger partial charge in [0.2, 0.25) is 0 Å². The highest BCUT2D eigenvalue weighted by atomic mass is 35.5. The number of nitriles is 1. The number of aryl methyl sites for hydroxylation is 1. The zero-order chi connectivity index (χ0) is 22.8. The van der Waals surface area contributed by atoms with E-state index in [2.05, 4.69) is 4.90 Å². The minimum absolute atomic E-state index is 0. The molecule has 0 bridgehead atoms. The average Bonchev–Trinajstić information content (AvgIpc) is 2.80. The van der Waals surface area contributed by atoms with Gasteiger partial charge in [-0.3, -0.25) is 0 Å². The maximum atomic E-state index is 14.5. The van der Waals surface area contributed by atoms with Crippen molar-refractivity contribution in [3.63, 3.8) is 0 Å². The Balaban J connectivity index is 0.00000306. The first kappa shape index (κ1) is 24.3. The molecular weight excluding hydrogens is 443 g/mol. The Bertz CT molecular complexity index is 1200. The molecule has 0 saturated carbocycles. The third-order valence-corrected chi connectivity index (χ3v) is 5.91. The number of phenolic OH excluding ortho intramolecular Hbond substituents is 1. The van der Waals surface area contributed by atoms with Gasteiger partial charge in [0, 0.05) is 30.8 Å². The number of benzene rings is 2. The quantitative estimate of drug-likeness (QED) is 0.571. The number of anilines is 1. The summed E-state index contributed by atoms with van der Waals surface area (Å²) in [6, 6.07) is 13.7. The van der Waals surface area contributed by atoms with Crippen LogP contribution in [0.5, 0.6) is 11.5 Å². The van der Waals surface area contributed by atoms with Gasteiger partial charge < -0.3 is 20.5 Å². The lowest BCUT2D eigenvalue weighted by Crippen LogP contribution is -2.40. The van der Waals surface area contributed by atoms with Crippen LogP contribution in [0.15, 0.2) is 42.5 Å². The number of halogens is 2. The highest BCUT2D eigenvalue weighted by molar-refractivity contribution is 5.87. The maximum Gasteiger partial charge on any atom is 0.141 e. The lowest BCUT2D eigenvalue weighted by atomic mass is 9.96. The van der Waals surface area contributed by atoms with E-state index in [0.717, 1.165) is 31.5 Å². The van der Waals surface area contributed by atoms with Gasteiger partial charge in [0.15, 0.2) is 0 Å². The predicted octanol–water partition coefficient (Wildman–Crippen LogP) is 4.80. The maximum absolute atomic E-state index is 14.5. The predicted molar refractivity (Wildman–Crippen MR) is 129 cm³/mol. The number of rotatable bonds is 4. The van der Waals surface area contributed by atoms with Crippen molar-refractivity contribution in [3.8, 4) is 40.0 Å². The second kappa shape index (κ2) is 10.1. The van der Waals surface area contributed by atoms with Gasteiger partial charge in [0.25, 0.3) is 0 Å². The van der Waals surface area contributed by atoms with E-state index >= 15 is 0 Å². The molecule has 33 heavy (non-hydrogen) atoms. The molecule has 8 heteroatoms. The monoisotopic (exact) mass is 468 g/mol. The third kappa shape index (κ3) is 4.87. The Kier molecular flexibility index (Phi) is 7.42. The summed E-state index contributed by atoms with van der Waals surface area (Å²) in [4.78, 5) is 7.04. The molecule has 3 aromatic rings. The molecule has 0 atom stereocenters. The second-order valence-corrected chi connectivity index (χ2v) is 8.04. The molecule has 4 rings (SSSR count). The normalized spacial score (nSPS) is 13.8. The van der Waals surface area contributed by atoms with Crippen molar-refractivity contribution >= 4 is 18.2 Å². The molecule has 1 aromatic heterocycles. The van der Waals surface area contributed by atoms with Gasteiger partial charge in [-0.2, -0.15) is 5.26 Å². The van der Waals surface area contributed by atoms with E-state index in [4.69, 9.17) is 20.7 Å². The Morgan fingerprint density at radius 3 is 2.45 bits per heavy atom. The molecule has 3 N–H and O–H groups in total. The lowest BCUT2D eigenvalue weighted by Gasteiger charge is -2.32. The second-order valence-electron chi connectivity index (χ2n) is 8.04. The van der Waals surface area contributed by atoms with E-state index in [-0.39, 0.29) is 29.8 Å². The van der Waals surface area contributed by atoms with Crippen molar-refractivity contribution in [2.24, 2.45) is 5.73 Å². The fourth-order valence-electron chi connectivity index (χ4n) is 3.97. The number of piperidine rings is 1. The number of pyridine rings is 1. The van der Waals surface area contributed by atoms with Gasteiger partial charge in [-0.05, 0) is 49.1 Å². The zero-order valence-corrected chi connectivity index (χ0v) is 19.3. The molecular formula is C25H26ClFN4O2. The molecule has 1 fully saturated rings. The SMILES string of the molecule is COc1cc(N2CCC(N)CC2)nc(-c2ccc(C#N)c(F)c2)c1-c1ccc(C)c(O)c1.Cl. The molecule has 0 amide bonds. The lowest BCUT2D eigenvalue weighted by molar-refractivity contribution is 0.415. The summed E-state index contributed by atoms with van der Waals surface area (Å²) in [6.07, 6.45) is 1.72. The Hall–Kier alpha value is -3.34. The van der Waals surface area contributed by atoms with Crippen LogP contribution in [0, 0.1) is 24.1 Å². The molecule has 0 radical (unpaired) electrons. The summed E-state index contributed by atoms with van der Waals surface area (Å²) in [5, 5.41) is 19.4. The van der Waals surface area contributed by atoms with Crippen LogP contribution >= 0.6 is 12.4 Å². The molecule has 2 heterocycles. The van der Waals surface area contributed by atoms with Gasteiger partial charge in [-0.25, -0.2) is 9.37 Å². The molecule has 1 aliphatic heterocycles. The Labute approximate surface area is 198 Å². The highest BCUT2D eigenvalue weighted by Gasteiger charge is 2.23. The van der Waals surface area contributed by atoms with E-state index in [1.807, 2.05) is 31.2 Å². The van der Waals surface area contributed by atoms with Gasteiger partial charge in [0.1, 0.15) is 29.2 Å². The molecule has 0 aliphatic carbocycles. The fourth-order valence-corrected chi connectivity index (χ4v) is 3.97. The van der Waals surface area contributed by atoms with Crippen molar-refractivity contribution in [1.29, 1.82) is 5.26 Å². The molecule has 2 aromatic carbocycles. The fraction of sp³-hybridized carbons (Fsp3) is 0.280. The Morgan fingerprint density at radius 1 is 1.15 bits per heavy atom. The van der Waals surface area contributed by atoms with Crippen molar-refractivity contribution in [3.05, 3.63) is 59.4 Å². The first-order valence-corrected chi connectivity index (χ1v) is 10.5. The standard InChI is InChI=1S/C25H25FN4O2.ClH/c1-15-3-4-16(12-21(15)31)24-22(32-2)13-23(30-9-7-19(28)8-10-30)29-25(24)17-5-6-18(14-27)20(26)11-17;/h3-6,11-13,19,31H,7-10,28H2,1-2H3;1H. The van der Waals surface area contributed by atoms with Crippen molar-refractivity contribution in [1.82, 2.24) is 4.98 Å². The van der Waals surface area contributed by atoms with E-state index in [0.29, 0.717) is 34.0 Å². The highest BCUT2D eigenvalue weighted by Crippen LogP contribution is 2.42. The minimum Gasteiger partial charge on any atom is -0.508 e. The minimum atomic E-state index is -0.613. The average molecular weight is 469 g/mol. The van der Waals surface area contributed by atoms with E-state index in [9.17, 15) is 9.50 Å². The molecule has 6 nitrogen and oxygen atoms in total. The van der Waals surface area contributed by atoms with Crippen LogP contribution in [0.1, 0.15) is 24.0 Å². The molecule has 0 unspecified atom stereocenters.